The first kappa shape index (κ1) is 13.0. The van der Waals surface area contributed by atoms with Crippen LogP contribution in [-0.2, 0) is 0 Å². The van der Waals surface area contributed by atoms with Crippen LogP contribution in [0.1, 0.15) is 13.8 Å². The zero-order valence-electron chi connectivity index (χ0n) is 9.98. The van der Waals surface area contributed by atoms with E-state index in [1.807, 2.05) is 32.0 Å². The van der Waals surface area contributed by atoms with Crippen molar-refractivity contribution >= 4 is 5.69 Å². The van der Waals surface area contributed by atoms with Gasteiger partial charge in [0.2, 0.25) is 0 Å². The average molecular weight is 233 g/mol. The van der Waals surface area contributed by atoms with E-state index in [1.54, 1.807) is 18.2 Å². The maximum absolute atomic E-state index is 13.3. The van der Waals surface area contributed by atoms with Crippen LogP contribution in [0.15, 0.2) is 48.5 Å². The lowest BCUT2D eigenvalue weighted by molar-refractivity contribution is 0.442. The lowest BCUT2D eigenvalue weighted by atomic mass is 10.3. The van der Waals surface area contributed by atoms with Crippen molar-refractivity contribution in [3.8, 4) is 11.5 Å². The molecule has 0 fully saturated rings. The van der Waals surface area contributed by atoms with E-state index in [-0.39, 0.29) is 5.75 Å². The highest BCUT2D eigenvalue weighted by Gasteiger charge is 2.04. The van der Waals surface area contributed by atoms with Gasteiger partial charge in [0.1, 0.15) is 5.75 Å². The molecule has 2 N–H and O–H groups in total. The van der Waals surface area contributed by atoms with Gasteiger partial charge in [-0.15, -0.1) is 0 Å². The topological polar surface area (TPSA) is 35.2 Å². The maximum Gasteiger partial charge on any atom is 0.167 e. The molecule has 0 unspecified atom stereocenters. The summed E-state index contributed by atoms with van der Waals surface area (Å²) < 4.78 is 18.7. The molecule has 0 radical (unpaired) electrons. The summed E-state index contributed by atoms with van der Waals surface area (Å²) in [7, 11) is 0. The maximum atomic E-state index is 13.3. The Kier molecular flexibility index (Phi) is 5.01. The second kappa shape index (κ2) is 6.53. The predicted octanol–water partition coefficient (Wildman–Crippen LogP) is 4.23. The molecule has 0 amide bonds. The highest BCUT2D eigenvalue weighted by atomic mass is 19.1. The van der Waals surface area contributed by atoms with Gasteiger partial charge in [-0.2, -0.15) is 0 Å². The Hall–Kier alpha value is -2.03. The standard InChI is InChI=1S/C12H10FNO.C2H6/c13-11-8-9(14)6-7-12(11)15-10-4-2-1-3-5-10;1-2/h1-8H,14H2;1-2H3. The van der Waals surface area contributed by atoms with Crippen LogP contribution < -0.4 is 10.5 Å². The van der Waals surface area contributed by atoms with Crippen molar-refractivity contribution in [3.63, 3.8) is 0 Å². The summed E-state index contributed by atoms with van der Waals surface area (Å²) in [5.74, 6) is 0.315. The van der Waals surface area contributed by atoms with Gasteiger partial charge in [0.25, 0.3) is 0 Å². The molecule has 0 bridgehead atoms. The lowest BCUT2D eigenvalue weighted by Gasteiger charge is -2.06. The fraction of sp³-hybridized carbons (Fsp3) is 0.143. The summed E-state index contributed by atoms with van der Waals surface area (Å²) >= 11 is 0. The van der Waals surface area contributed by atoms with Gasteiger partial charge in [-0.3, -0.25) is 0 Å². The van der Waals surface area contributed by atoms with Gasteiger partial charge in [0.05, 0.1) is 0 Å². The van der Waals surface area contributed by atoms with E-state index in [4.69, 9.17) is 10.5 Å². The highest BCUT2D eigenvalue weighted by Crippen LogP contribution is 2.25. The minimum Gasteiger partial charge on any atom is -0.454 e. The number of nitrogens with two attached hydrogens (primary N) is 1. The van der Waals surface area contributed by atoms with Gasteiger partial charge in [-0.05, 0) is 24.3 Å². The summed E-state index contributed by atoms with van der Waals surface area (Å²) in [5.41, 5.74) is 5.81. The molecule has 0 aliphatic heterocycles. The number of hydrogen-bond acceptors (Lipinski definition) is 2. The number of anilines is 1. The van der Waals surface area contributed by atoms with E-state index in [9.17, 15) is 4.39 Å². The number of rotatable bonds is 2. The summed E-state index contributed by atoms with van der Waals surface area (Å²) in [4.78, 5) is 0. The molecule has 0 spiro atoms. The van der Waals surface area contributed by atoms with Crippen LogP contribution in [0.4, 0.5) is 10.1 Å². The van der Waals surface area contributed by atoms with Crippen LogP contribution in [0.2, 0.25) is 0 Å². The third kappa shape index (κ3) is 3.79. The molecule has 3 heteroatoms. The third-order valence-electron chi connectivity index (χ3n) is 1.93. The molecule has 2 aromatic rings. The van der Waals surface area contributed by atoms with E-state index < -0.39 is 5.82 Å². The molecule has 2 nitrogen and oxygen atoms in total. The summed E-state index contributed by atoms with van der Waals surface area (Å²) in [5, 5.41) is 0. The minimum atomic E-state index is -0.459. The SMILES string of the molecule is CC.Nc1ccc(Oc2ccccc2)c(F)c1. The van der Waals surface area contributed by atoms with Crippen molar-refractivity contribution in [3.05, 3.63) is 54.3 Å². The van der Waals surface area contributed by atoms with Crippen LogP contribution in [-0.4, -0.2) is 0 Å². The Morgan fingerprint density at radius 1 is 1.00 bits per heavy atom. The van der Waals surface area contributed by atoms with E-state index in [0.29, 0.717) is 11.4 Å². The van der Waals surface area contributed by atoms with Gasteiger partial charge < -0.3 is 10.5 Å². The number of nitrogen functional groups attached to an aromatic ring is 1. The number of halogens is 1. The largest absolute Gasteiger partial charge is 0.454 e. The molecule has 2 aromatic carbocycles. The molecular formula is C14H16FNO. The van der Waals surface area contributed by atoms with Crippen LogP contribution in [0.3, 0.4) is 0 Å². The predicted molar refractivity (Wildman–Crippen MR) is 68.7 cm³/mol. The van der Waals surface area contributed by atoms with E-state index in [2.05, 4.69) is 0 Å². The number of benzene rings is 2. The third-order valence-corrected chi connectivity index (χ3v) is 1.93. The van der Waals surface area contributed by atoms with Crippen molar-refractivity contribution in [1.82, 2.24) is 0 Å². The lowest BCUT2D eigenvalue weighted by Crippen LogP contribution is -1.90. The van der Waals surface area contributed by atoms with Gasteiger partial charge in [-0.1, -0.05) is 32.0 Å². The first-order chi connectivity index (χ1) is 8.25. The second-order valence-corrected chi connectivity index (χ2v) is 3.10. The fourth-order valence-electron chi connectivity index (χ4n) is 1.22. The zero-order valence-corrected chi connectivity index (χ0v) is 9.98. The molecule has 0 aromatic heterocycles. The highest BCUT2D eigenvalue weighted by molar-refractivity contribution is 5.44. The Morgan fingerprint density at radius 3 is 2.24 bits per heavy atom. The van der Waals surface area contributed by atoms with Crippen LogP contribution in [0.25, 0.3) is 0 Å². The van der Waals surface area contributed by atoms with Crippen LogP contribution in [0, 0.1) is 5.82 Å². The minimum absolute atomic E-state index is 0.176. The zero-order chi connectivity index (χ0) is 12.7. The molecule has 0 aliphatic rings. The second-order valence-electron chi connectivity index (χ2n) is 3.10. The van der Waals surface area contributed by atoms with Gasteiger partial charge in [0.15, 0.2) is 11.6 Å². The molecular weight excluding hydrogens is 217 g/mol. The van der Waals surface area contributed by atoms with E-state index in [1.165, 1.54) is 12.1 Å². The summed E-state index contributed by atoms with van der Waals surface area (Å²) in [6, 6.07) is 13.4. The van der Waals surface area contributed by atoms with Crippen LogP contribution in [0.5, 0.6) is 11.5 Å². The first-order valence-electron chi connectivity index (χ1n) is 5.53. The summed E-state index contributed by atoms with van der Waals surface area (Å²) in [6.45, 7) is 4.00. The van der Waals surface area contributed by atoms with E-state index >= 15 is 0 Å². The molecule has 2 rings (SSSR count). The van der Waals surface area contributed by atoms with Crippen molar-refractivity contribution < 1.29 is 9.13 Å². The number of hydrogen-bond donors (Lipinski definition) is 1. The van der Waals surface area contributed by atoms with Crippen molar-refractivity contribution in [2.45, 2.75) is 13.8 Å². The smallest absolute Gasteiger partial charge is 0.167 e. The molecule has 0 heterocycles. The van der Waals surface area contributed by atoms with Gasteiger partial charge in [0, 0.05) is 11.8 Å². The van der Waals surface area contributed by atoms with Crippen molar-refractivity contribution in [1.29, 1.82) is 0 Å². The Morgan fingerprint density at radius 2 is 1.65 bits per heavy atom. The molecule has 0 atom stereocenters. The number of ether oxygens (including phenoxy) is 1. The Balaban J connectivity index is 0.000000686. The van der Waals surface area contributed by atoms with Gasteiger partial charge in [-0.25, -0.2) is 4.39 Å². The first-order valence-corrected chi connectivity index (χ1v) is 5.53. The monoisotopic (exact) mass is 233 g/mol. The Labute approximate surface area is 101 Å². The normalized spacial score (nSPS) is 9.12. The van der Waals surface area contributed by atoms with Crippen molar-refractivity contribution in [2.24, 2.45) is 0 Å². The van der Waals surface area contributed by atoms with E-state index in [0.717, 1.165) is 0 Å². The molecule has 0 saturated heterocycles. The van der Waals surface area contributed by atoms with Crippen molar-refractivity contribution in [2.75, 3.05) is 5.73 Å². The fourth-order valence-corrected chi connectivity index (χ4v) is 1.22. The molecule has 0 saturated carbocycles. The Bertz CT molecular complexity index is 457. The quantitative estimate of drug-likeness (QED) is 0.788. The molecule has 90 valence electrons. The number of para-hydroxylation sites is 1. The molecule has 17 heavy (non-hydrogen) atoms. The van der Waals surface area contributed by atoms with Crippen LogP contribution >= 0.6 is 0 Å². The van der Waals surface area contributed by atoms with Gasteiger partial charge >= 0.3 is 0 Å². The average Bonchev–Trinajstić information content (AvgIpc) is 2.37. The summed E-state index contributed by atoms with van der Waals surface area (Å²) in [6.07, 6.45) is 0. The molecule has 0 aliphatic carbocycles.